The van der Waals surface area contributed by atoms with Gasteiger partial charge in [-0.2, -0.15) is 0 Å². The number of carbonyl (C=O) groups excluding carboxylic acids is 1. The average Bonchev–Trinajstić information content (AvgIpc) is 3.25. The molecule has 60 heavy (non-hydrogen) atoms. The Hall–Kier alpha value is -2.63. The number of carbonyl (C=O) groups is 1. The highest BCUT2D eigenvalue weighted by atomic mass is 16.7. The van der Waals surface area contributed by atoms with Crippen molar-refractivity contribution in [3.8, 4) is 0 Å². The van der Waals surface area contributed by atoms with Crippen LogP contribution in [0.2, 0.25) is 0 Å². The van der Waals surface area contributed by atoms with Crippen molar-refractivity contribution in [2.75, 3.05) is 26.4 Å². The molecule has 0 aromatic carbocycles. The van der Waals surface area contributed by atoms with Crippen molar-refractivity contribution in [2.45, 2.75) is 205 Å². The summed E-state index contributed by atoms with van der Waals surface area (Å²) in [7, 11) is 0. The second kappa shape index (κ2) is 41.7. The molecule has 9 nitrogen and oxygen atoms in total. The van der Waals surface area contributed by atoms with E-state index >= 15 is 0 Å². The summed E-state index contributed by atoms with van der Waals surface area (Å²) in [5, 5.41) is 40.2. The molecule has 0 aromatic rings. The van der Waals surface area contributed by atoms with E-state index in [1.807, 2.05) is 0 Å². The Kier molecular flexibility index (Phi) is 38.5. The fraction of sp³-hybridized carbons (Fsp3) is 0.706. The Bertz CT molecular complexity index is 1190. The van der Waals surface area contributed by atoms with Gasteiger partial charge in [-0.05, 0) is 89.9 Å². The van der Waals surface area contributed by atoms with Crippen molar-refractivity contribution in [1.82, 2.24) is 0 Å². The van der Waals surface area contributed by atoms with E-state index in [0.29, 0.717) is 13.0 Å². The lowest BCUT2D eigenvalue weighted by atomic mass is 9.99. The number of allylic oxidation sites excluding steroid dienone is 14. The second-order valence-electron chi connectivity index (χ2n) is 15.8. The third-order valence-corrected chi connectivity index (χ3v) is 10.3. The van der Waals surface area contributed by atoms with Gasteiger partial charge in [0.1, 0.15) is 30.5 Å². The number of unbranched alkanes of at least 4 members (excludes halogenated alkanes) is 14. The highest BCUT2D eigenvalue weighted by Gasteiger charge is 2.44. The summed E-state index contributed by atoms with van der Waals surface area (Å²) in [6.45, 7) is 4.34. The largest absolute Gasteiger partial charge is 0.457 e. The van der Waals surface area contributed by atoms with Gasteiger partial charge in [0.2, 0.25) is 0 Å². The first-order valence-electron chi connectivity index (χ1n) is 23.7. The van der Waals surface area contributed by atoms with Gasteiger partial charge < -0.3 is 39.4 Å². The van der Waals surface area contributed by atoms with Crippen LogP contribution in [0.1, 0.15) is 168 Å². The number of esters is 1. The topological polar surface area (TPSA) is 135 Å². The van der Waals surface area contributed by atoms with Gasteiger partial charge in [-0.25, -0.2) is 0 Å². The molecule has 1 aliphatic rings. The van der Waals surface area contributed by atoms with Gasteiger partial charge in [0.15, 0.2) is 6.29 Å². The minimum absolute atomic E-state index is 0.121. The maximum atomic E-state index is 12.8. The quantitative estimate of drug-likeness (QED) is 0.0271. The minimum atomic E-state index is -1.55. The summed E-state index contributed by atoms with van der Waals surface area (Å²) in [5.41, 5.74) is 0. The molecule has 0 aliphatic carbocycles. The third-order valence-electron chi connectivity index (χ3n) is 10.3. The van der Waals surface area contributed by atoms with Crippen LogP contribution < -0.4 is 0 Å². The van der Waals surface area contributed by atoms with E-state index < -0.39 is 43.4 Å². The molecule has 0 saturated carbocycles. The number of hydrogen-bond donors (Lipinski definition) is 4. The van der Waals surface area contributed by atoms with Gasteiger partial charge in [-0.15, -0.1) is 0 Å². The zero-order valence-electron chi connectivity index (χ0n) is 37.7. The molecule has 0 aromatic heterocycles. The Balaban J connectivity index is 2.29. The summed E-state index contributed by atoms with van der Waals surface area (Å²) in [5.74, 6) is -0.337. The smallest absolute Gasteiger partial charge is 0.306 e. The monoisotopic (exact) mass is 843 g/mol. The van der Waals surface area contributed by atoms with Crippen molar-refractivity contribution in [3.05, 3.63) is 85.1 Å². The summed E-state index contributed by atoms with van der Waals surface area (Å²) in [6.07, 6.45) is 48.9. The lowest BCUT2D eigenvalue weighted by Gasteiger charge is -2.39. The highest BCUT2D eigenvalue weighted by Crippen LogP contribution is 2.22. The molecule has 0 spiro atoms. The molecule has 4 N–H and O–H groups in total. The first-order chi connectivity index (χ1) is 29.4. The molecule has 0 bridgehead atoms. The van der Waals surface area contributed by atoms with Crippen molar-refractivity contribution < 1.29 is 44.2 Å². The number of aliphatic hydroxyl groups excluding tert-OH is 4. The van der Waals surface area contributed by atoms with E-state index in [4.69, 9.17) is 18.9 Å². The Morgan fingerprint density at radius 3 is 1.53 bits per heavy atom. The van der Waals surface area contributed by atoms with Crippen molar-refractivity contribution in [2.24, 2.45) is 0 Å². The van der Waals surface area contributed by atoms with Crippen molar-refractivity contribution in [3.63, 3.8) is 0 Å². The first-order valence-corrected chi connectivity index (χ1v) is 23.7. The summed E-state index contributed by atoms with van der Waals surface area (Å²) < 4.78 is 22.8. The molecule has 1 rings (SSSR count). The molecular weight excluding hydrogens is 757 g/mol. The van der Waals surface area contributed by atoms with Crippen LogP contribution in [0.15, 0.2) is 85.1 Å². The molecule has 6 atom stereocenters. The third kappa shape index (κ3) is 32.1. The molecule has 0 radical (unpaired) electrons. The van der Waals surface area contributed by atoms with E-state index in [-0.39, 0.29) is 19.2 Å². The fourth-order valence-corrected chi connectivity index (χ4v) is 6.61. The van der Waals surface area contributed by atoms with Gasteiger partial charge in [-0.3, -0.25) is 4.79 Å². The Morgan fingerprint density at radius 1 is 0.550 bits per heavy atom. The lowest BCUT2D eigenvalue weighted by molar-refractivity contribution is -0.305. The standard InChI is InChI=1S/C51H86O9/c1-3-5-7-9-11-13-15-17-19-21-23-24-26-28-30-32-34-36-38-40-47(53)59-45(44-58-51-50(56)49(55)48(54)46(42-52)60-51)43-57-41-39-37-35-33-31-29-27-25-22-20-18-16-14-12-10-8-6-4-2/h6,8,11-14,17-20,23-25,27,45-46,48-52,54-56H,3-5,7,9-10,15-16,21-22,26,28-44H2,1-2H3/b8-6-,13-11-,14-12-,19-17-,20-18-,24-23-,27-25-. The van der Waals surface area contributed by atoms with E-state index in [1.165, 1.54) is 38.5 Å². The van der Waals surface area contributed by atoms with Crippen LogP contribution >= 0.6 is 0 Å². The minimum Gasteiger partial charge on any atom is -0.457 e. The highest BCUT2D eigenvalue weighted by molar-refractivity contribution is 5.69. The van der Waals surface area contributed by atoms with E-state index in [2.05, 4.69) is 98.9 Å². The molecule has 9 heteroatoms. The number of aliphatic hydroxyl groups is 4. The molecule has 1 heterocycles. The summed E-state index contributed by atoms with van der Waals surface area (Å²) in [6, 6.07) is 0. The molecule has 0 amide bonds. The summed E-state index contributed by atoms with van der Waals surface area (Å²) in [4.78, 5) is 12.8. The first kappa shape index (κ1) is 55.4. The molecule has 1 fully saturated rings. The van der Waals surface area contributed by atoms with Gasteiger partial charge in [0.05, 0.1) is 19.8 Å². The molecule has 1 aliphatic heterocycles. The zero-order chi connectivity index (χ0) is 43.6. The van der Waals surface area contributed by atoms with Crippen LogP contribution in [0, 0.1) is 0 Å². The van der Waals surface area contributed by atoms with Gasteiger partial charge >= 0.3 is 5.97 Å². The number of rotatable bonds is 39. The molecule has 6 unspecified atom stereocenters. The Morgan fingerprint density at radius 2 is 1.02 bits per heavy atom. The van der Waals surface area contributed by atoms with E-state index in [0.717, 1.165) is 109 Å². The van der Waals surface area contributed by atoms with Gasteiger partial charge in [0, 0.05) is 13.0 Å². The van der Waals surface area contributed by atoms with E-state index in [9.17, 15) is 25.2 Å². The molecule has 344 valence electrons. The zero-order valence-corrected chi connectivity index (χ0v) is 37.7. The van der Waals surface area contributed by atoms with E-state index in [1.54, 1.807) is 0 Å². The predicted molar refractivity (Wildman–Crippen MR) is 247 cm³/mol. The number of hydrogen-bond acceptors (Lipinski definition) is 9. The lowest BCUT2D eigenvalue weighted by Crippen LogP contribution is -2.59. The molecule has 1 saturated heterocycles. The van der Waals surface area contributed by atoms with Crippen molar-refractivity contribution >= 4 is 5.97 Å². The maximum Gasteiger partial charge on any atom is 0.306 e. The van der Waals surface area contributed by atoms with Crippen molar-refractivity contribution in [1.29, 1.82) is 0 Å². The maximum absolute atomic E-state index is 12.8. The van der Waals surface area contributed by atoms with Gasteiger partial charge in [0.25, 0.3) is 0 Å². The van der Waals surface area contributed by atoms with Crippen LogP contribution in [0.3, 0.4) is 0 Å². The number of ether oxygens (including phenoxy) is 4. The van der Waals surface area contributed by atoms with Crippen LogP contribution in [0.5, 0.6) is 0 Å². The fourth-order valence-electron chi connectivity index (χ4n) is 6.61. The normalized spacial score (nSPS) is 20.8. The average molecular weight is 843 g/mol. The SMILES string of the molecule is CC/C=C\C/C=C\C/C=C\C/C=C\CCCCCCCOCC(COC1OC(CO)C(O)C(O)C1O)OC(=O)CCCCCCCC/C=C\C/C=C\C/C=C\CCCCC. The summed E-state index contributed by atoms with van der Waals surface area (Å²) >= 11 is 0. The van der Waals surface area contributed by atoms with Gasteiger partial charge in [-0.1, -0.05) is 157 Å². The van der Waals surface area contributed by atoms with Crippen LogP contribution in [-0.2, 0) is 23.7 Å². The Labute approximate surface area is 365 Å². The van der Waals surface area contributed by atoms with Crippen LogP contribution in [0.25, 0.3) is 0 Å². The second-order valence-corrected chi connectivity index (χ2v) is 15.8. The predicted octanol–water partition coefficient (Wildman–Crippen LogP) is 11.0. The van der Waals surface area contributed by atoms with Crippen LogP contribution in [0.4, 0.5) is 0 Å². The van der Waals surface area contributed by atoms with Crippen LogP contribution in [-0.4, -0.2) is 89.6 Å². The molecular formula is C51H86O9.